The van der Waals surface area contributed by atoms with Crippen LogP contribution in [-0.2, 0) is 9.84 Å². The van der Waals surface area contributed by atoms with Crippen molar-refractivity contribution in [2.75, 3.05) is 12.0 Å². The fourth-order valence-electron chi connectivity index (χ4n) is 1.27. The summed E-state index contributed by atoms with van der Waals surface area (Å²) >= 11 is 3.15. The molecule has 17 heavy (non-hydrogen) atoms. The molecule has 0 fully saturated rings. The van der Waals surface area contributed by atoms with Crippen LogP contribution < -0.4 is 5.73 Å². The van der Waals surface area contributed by atoms with Gasteiger partial charge in [0.05, 0.1) is 10.7 Å². The van der Waals surface area contributed by atoms with Crippen LogP contribution in [-0.4, -0.2) is 24.6 Å². The Morgan fingerprint density at radius 2 is 2.12 bits per heavy atom. The Hall–Kier alpha value is -1.41. The molecule has 0 amide bonds. The van der Waals surface area contributed by atoms with Crippen LogP contribution in [0.2, 0.25) is 0 Å². The second-order valence-electron chi connectivity index (χ2n) is 3.30. The summed E-state index contributed by atoms with van der Waals surface area (Å²) in [6.45, 7) is 0. The second kappa shape index (κ2) is 4.11. The maximum atomic E-state index is 11.5. The number of nitrogens with two attached hydrogens (primary N) is 1. The van der Waals surface area contributed by atoms with E-state index in [-0.39, 0.29) is 15.4 Å². The Balaban J connectivity index is 2.75. The third-order valence-electron chi connectivity index (χ3n) is 1.94. The van der Waals surface area contributed by atoms with Gasteiger partial charge in [-0.2, -0.15) is 0 Å². The van der Waals surface area contributed by atoms with E-state index >= 15 is 0 Å². The molecule has 0 aliphatic rings. The number of halogens is 1. The van der Waals surface area contributed by atoms with Gasteiger partial charge in [-0.25, -0.2) is 18.4 Å². The number of nitrogen functional groups attached to an aromatic ring is 1. The highest BCUT2D eigenvalue weighted by atomic mass is 79.9. The molecule has 2 heterocycles. The molecular weight excluding hydrogens is 310 g/mol. The lowest BCUT2D eigenvalue weighted by Gasteiger charge is -2.06. The van der Waals surface area contributed by atoms with Crippen LogP contribution in [0.1, 0.15) is 0 Å². The summed E-state index contributed by atoms with van der Waals surface area (Å²) in [6, 6.07) is 3.32. The highest BCUT2D eigenvalue weighted by Gasteiger charge is 2.21. The second-order valence-corrected chi connectivity index (χ2v) is 6.02. The predicted molar refractivity (Wildman–Crippen MR) is 65.0 cm³/mol. The van der Waals surface area contributed by atoms with Crippen molar-refractivity contribution in [2.45, 2.75) is 5.03 Å². The Labute approximate surface area is 106 Å². The van der Waals surface area contributed by atoms with Gasteiger partial charge in [0.15, 0.2) is 20.6 Å². The maximum absolute atomic E-state index is 11.5. The van der Waals surface area contributed by atoms with Crippen molar-refractivity contribution in [1.82, 2.24) is 9.97 Å². The summed E-state index contributed by atoms with van der Waals surface area (Å²) in [4.78, 5) is 7.66. The summed E-state index contributed by atoms with van der Waals surface area (Å²) < 4.78 is 28.4. The zero-order valence-electron chi connectivity index (χ0n) is 8.71. The Kier molecular flexibility index (Phi) is 2.92. The molecule has 0 unspecified atom stereocenters. The van der Waals surface area contributed by atoms with Crippen molar-refractivity contribution in [2.24, 2.45) is 0 Å². The first-order chi connectivity index (χ1) is 7.89. The van der Waals surface area contributed by atoms with Crippen molar-refractivity contribution in [1.29, 1.82) is 0 Å². The predicted octanol–water partition coefficient (Wildman–Crippen LogP) is 1.48. The smallest absolute Gasteiger partial charge is 0.221 e. The molecule has 8 heteroatoms. The van der Waals surface area contributed by atoms with Gasteiger partial charge in [0, 0.05) is 6.26 Å². The Morgan fingerprint density at radius 1 is 1.41 bits per heavy atom. The molecule has 2 aromatic heterocycles. The lowest BCUT2D eigenvalue weighted by molar-refractivity contribution is 0.578. The SMILES string of the molecule is CS(=O)(=O)c1nc(N)nc(-c2ccco2)c1Br. The van der Waals surface area contributed by atoms with E-state index in [9.17, 15) is 8.42 Å². The molecule has 0 saturated heterocycles. The molecule has 0 bridgehead atoms. The van der Waals surface area contributed by atoms with Gasteiger partial charge in [0.1, 0.15) is 5.69 Å². The minimum absolute atomic E-state index is 0.125. The monoisotopic (exact) mass is 317 g/mol. The molecule has 0 aromatic carbocycles. The number of rotatable bonds is 2. The van der Waals surface area contributed by atoms with Gasteiger partial charge in [-0.15, -0.1) is 0 Å². The Morgan fingerprint density at radius 3 is 2.65 bits per heavy atom. The van der Waals surface area contributed by atoms with Crippen LogP contribution in [0.3, 0.4) is 0 Å². The first-order valence-electron chi connectivity index (χ1n) is 4.46. The van der Waals surface area contributed by atoms with Crippen molar-refractivity contribution < 1.29 is 12.8 Å². The standard InChI is InChI=1S/C9H8BrN3O3S/c1-17(14,15)8-6(10)7(12-9(11)13-8)5-3-2-4-16-5/h2-4H,1H3,(H2,11,12,13). The van der Waals surface area contributed by atoms with E-state index in [2.05, 4.69) is 25.9 Å². The van der Waals surface area contributed by atoms with E-state index in [0.717, 1.165) is 6.26 Å². The molecule has 6 nitrogen and oxygen atoms in total. The van der Waals surface area contributed by atoms with Gasteiger partial charge < -0.3 is 10.2 Å². The van der Waals surface area contributed by atoms with Crippen LogP contribution in [0, 0.1) is 0 Å². The number of anilines is 1. The highest BCUT2D eigenvalue weighted by molar-refractivity contribution is 9.10. The van der Waals surface area contributed by atoms with E-state index in [1.165, 1.54) is 6.26 Å². The van der Waals surface area contributed by atoms with Crippen molar-refractivity contribution in [3.63, 3.8) is 0 Å². The number of sulfone groups is 1. The fourth-order valence-corrected chi connectivity index (χ4v) is 3.20. The minimum atomic E-state index is -3.49. The van der Waals surface area contributed by atoms with Crippen LogP contribution in [0.4, 0.5) is 5.95 Å². The van der Waals surface area contributed by atoms with E-state index in [0.29, 0.717) is 11.5 Å². The third-order valence-corrected chi connectivity index (χ3v) is 3.96. The zero-order chi connectivity index (χ0) is 12.6. The van der Waals surface area contributed by atoms with Gasteiger partial charge in [-0.1, -0.05) is 0 Å². The molecule has 0 spiro atoms. The summed E-state index contributed by atoms with van der Waals surface area (Å²) in [5, 5.41) is -0.156. The van der Waals surface area contributed by atoms with Gasteiger partial charge in [-0.3, -0.25) is 0 Å². The highest BCUT2D eigenvalue weighted by Crippen LogP contribution is 2.31. The number of hydrogen-bond donors (Lipinski definition) is 1. The number of furan rings is 1. The van der Waals surface area contributed by atoms with Gasteiger partial charge >= 0.3 is 0 Å². The molecule has 0 saturated carbocycles. The average molecular weight is 318 g/mol. The van der Waals surface area contributed by atoms with E-state index in [1.54, 1.807) is 12.1 Å². The first-order valence-corrected chi connectivity index (χ1v) is 7.15. The molecule has 0 atom stereocenters. The maximum Gasteiger partial charge on any atom is 0.221 e. The molecule has 0 aliphatic heterocycles. The fraction of sp³-hybridized carbons (Fsp3) is 0.111. The van der Waals surface area contributed by atoms with Crippen molar-refractivity contribution >= 4 is 31.7 Å². The van der Waals surface area contributed by atoms with E-state index in [1.807, 2.05) is 0 Å². The Bertz CT molecular complexity index is 652. The van der Waals surface area contributed by atoms with Gasteiger partial charge in [0.25, 0.3) is 0 Å². The largest absolute Gasteiger partial charge is 0.463 e. The number of nitrogens with zero attached hydrogens (tertiary/aromatic N) is 2. The van der Waals surface area contributed by atoms with Crippen LogP contribution in [0.25, 0.3) is 11.5 Å². The van der Waals surface area contributed by atoms with Gasteiger partial charge in [-0.05, 0) is 28.1 Å². The van der Waals surface area contributed by atoms with Crippen LogP contribution in [0.5, 0.6) is 0 Å². The number of hydrogen-bond acceptors (Lipinski definition) is 6. The first kappa shape index (κ1) is 12.1. The topological polar surface area (TPSA) is 99.1 Å². The molecule has 2 aromatic rings. The molecular formula is C9H8BrN3O3S. The molecule has 2 rings (SSSR count). The lowest BCUT2D eigenvalue weighted by Crippen LogP contribution is -2.07. The summed E-state index contributed by atoms with van der Waals surface area (Å²) in [5.41, 5.74) is 5.79. The van der Waals surface area contributed by atoms with E-state index < -0.39 is 9.84 Å². The van der Waals surface area contributed by atoms with E-state index in [4.69, 9.17) is 10.2 Å². The number of aromatic nitrogens is 2. The van der Waals surface area contributed by atoms with Gasteiger partial charge in [0.2, 0.25) is 5.95 Å². The summed E-state index contributed by atoms with van der Waals surface area (Å²) in [7, 11) is -3.49. The molecule has 2 N–H and O–H groups in total. The molecule has 0 radical (unpaired) electrons. The van der Waals surface area contributed by atoms with Crippen molar-refractivity contribution in [3.8, 4) is 11.5 Å². The normalized spacial score (nSPS) is 11.6. The quantitative estimate of drug-likeness (QED) is 0.842. The molecule has 90 valence electrons. The summed E-state index contributed by atoms with van der Waals surface area (Å²) in [5.74, 6) is 0.288. The van der Waals surface area contributed by atoms with Crippen molar-refractivity contribution in [3.05, 3.63) is 22.9 Å². The van der Waals surface area contributed by atoms with Crippen LogP contribution in [0.15, 0.2) is 32.3 Å². The molecule has 0 aliphatic carbocycles. The lowest BCUT2D eigenvalue weighted by atomic mass is 10.3. The van der Waals surface area contributed by atoms with Crippen LogP contribution >= 0.6 is 15.9 Å². The third kappa shape index (κ3) is 2.32. The minimum Gasteiger partial charge on any atom is -0.463 e. The zero-order valence-corrected chi connectivity index (χ0v) is 11.1. The summed E-state index contributed by atoms with van der Waals surface area (Å²) in [6.07, 6.45) is 2.51. The average Bonchev–Trinajstić information content (AvgIpc) is 2.72.